The summed E-state index contributed by atoms with van der Waals surface area (Å²) in [6.07, 6.45) is 11.4. The van der Waals surface area contributed by atoms with Gasteiger partial charge in [-0.1, -0.05) is 13.8 Å². The number of nitrogens with zero attached hydrogens (tertiary/aromatic N) is 2. The van der Waals surface area contributed by atoms with Crippen molar-refractivity contribution in [3.8, 4) is 0 Å². The van der Waals surface area contributed by atoms with Crippen molar-refractivity contribution >= 4 is 11.7 Å². The highest BCUT2D eigenvalue weighted by Gasteiger charge is 2.60. The number of hydrazone groups is 1. The van der Waals surface area contributed by atoms with Crippen LogP contribution in [0.5, 0.6) is 0 Å². The first kappa shape index (κ1) is 19.8. The van der Waals surface area contributed by atoms with Crippen molar-refractivity contribution in [2.45, 2.75) is 84.7 Å². The Morgan fingerprint density at radius 2 is 1.86 bits per heavy atom. The molecule has 3 N–H and O–H groups in total. The van der Waals surface area contributed by atoms with Crippen LogP contribution in [0.1, 0.15) is 78.6 Å². The zero-order valence-corrected chi connectivity index (χ0v) is 18.6. The fraction of sp³-hybridized carbons (Fsp3) is 0.917. The van der Waals surface area contributed by atoms with Gasteiger partial charge in [-0.3, -0.25) is 0 Å². The number of nitrogens with one attached hydrogen (secondary N) is 2. The highest BCUT2D eigenvalue weighted by molar-refractivity contribution is 5.88. The first-order chi connectivity index (χ1) is 13.9. The van der Waals surface area contributed by atoms with E-state index in [9.17, 15) is 5.11 Å². The number of hydrogen-bond donors (Lipinski definition) is 3. The molecule has 0 amide bonds. The maximum atomic E-state index is 10.2. The average molecular weight is 401 g/mol. The lowest BCUT2D eigenvalue weighted by Gasteiger charge is -2.61. The molecule has 0 saturated heterocycles. The smallest absolute Gasteiger partial charge is 0.212 e. The monoisotopic (exact) mass is 400 g/mol. The number of aliphatic imine (C=N–C) groups is 1. The summed E-state index contributed by atoms with van der Waals surface area (Å²) in [5.41, 5.74) is 5.32. The van der Waals surface area contributed by atoms with E-state index in [1.807, 2.05) is 0 Å². The van der Waals surface area contributed by atoms with Gasteiger partial charge in [0.05, 0.1) is 12.6 Å². The molecule has 5 nitrogen and oxygen atoms in total. The topological polar surface area (TPSA) is 69.0 Å². The molecule has 4 aliphatic carbocycles. The maximum absolute atomic E-state index is 10.2. The Labute approximate surface area is 176 Å². The molecular formula is C24H40N4O. The van der Waals surface area contributed by atoms with Crippen molar-refractivity contribution < 1.29 is 5.11 Å². The summed E-state index contributed by atoms with van der Waals surface area (Å²) in [6.45, 7) is 9.16. The molecule has 29 heavy (non-hydrogen) atoms. The predicted octanol–water partition coefficient (Wildman–Crippen LogP) is 3.93. The van der Waals surface area contributed by atoms with Crippen LogP contribution in [-0.2, 0) is 0 Å². The van der Waals surface area contributed by atoms with Gasteiger partial charge in [-0.15, -0.1) is 0 Å². The van der Waals surface area contributed by atoms with Gasteiger partial charge in [0.15, 0.2) is 0 Å². The molecule has 0 aromatic rings. The van der Waals surface area contributed by atoms with Crippen LogP contribution in [0.2, 0.25) is 0 Å². The lowest BCUT2D eigenvalue weighted by molar-refractivity contribution is -0.123. The van der Waals surface area contributed by atoms with Gasteiger partial charge < -0.3 is 10.4 Å². The summed E-state index contributed by atoms with van der Waals surface area (Å²) in [5.74, 6) is 4.79. The molecular weight excluding hydrogens is 360 g/mol. The first-order valence-electron chi connectivity index (χ1n) is 12.2. The van der Waals surface area contributed by atoms with Gasteiger partial charge in [0.2, 0.25) is 5.96 Å². The number of guanidine groups is 1. The van der Waals surface area contributed by atoms with Gasteiger partial charge in [0.1, 0.15) is 0 Å². The fourth-order valence-corrected chi connectivity index (χ4v) is 8.61. The Bertz CT molecular complexity index is 705. The van der Waals surface area contributed by atoms with Gasteiger partial charge in [0, 0.05) is 18.2 Å². The summed E-state index contributed by atoms with van der Waals surface area (Å²) in [6, 6.07) is 0. The minimum atomic E-state index is -0.0420. The largest absolute Gasteiger partial charge is 0.393 e. The lowest BCUT2D eigenvalue weighted by Crippen LogP contribution is -2.54. The van der Waals surface area contributed by atoms with Crippen molar-refractivity contribution in [2.24, 2.45) is 50.5 Å². The molecule has 5 aliphatic rings. The third kappa shape index (κ3) is 3.14. The van der Waals surface area contributed by atoms with E-state index in [0.29, 0.717) is 16.7 Å². The number of hydrogen-bond acceptors (Lipinski definition) is 5. The van der Waals surface area contributed by atoms with E-state index in [1.165, 1.54) is 50.7 Å². The number of aliphatic hydroxyl groups is 1. The van der Waals surface area contributed by atoms with Gasteiger partial charge >= 0.3 is 0 Å². The molecule has 4 saturated carbocycles. The molecule has 5 rings (SSSR count). The van der Waals surface area contributed by atoms with Crippen LogP contribution in [0.3, 0.4) is 0 Å². The molecule has 0 bridgehead atoms. The van der Waals surface area contributed by atoms with E-state index < -0.39 is 0 Å². The van der Waals surface area contributed by atoms with Gasteiger partial charge in [-0.05, 0) is 99.2 Å². The molecule has 1 heterocycles. The Kier molecular flexibility index (Phi) is 4.96. The summed E-state index contributed by atoms with van der Waals surface area (Å²) < 4.78 is 0. The Morgan fingerprint density at radius 3 is 2.66 bits per heavy atom. The van der Waals surface area contributed by atoms with E-state index in [2.05, 4.69) is 36.5 Å². The molecule has 0 radical (unpaired) electrons. The third-order valence-corrected chi connectivity index (χ3v) is 10.2. The highest BCUT2D eigenvalue weighted by atomic mass is 16.3. The van der Waals surface area contributed by atoms with E-state index in [4.69, 9.17) is 5.10 Å². The van der Waals surface area contributed by atoms with Gasteiger partial charge in [-0.2, -0.15) is 5.10 Å². The van der Waals surface area contributed by atoms with Crippen molar-refractivity contribution in [3.05, 3.63) is 0 Å². The second kappa shape index (κ2) is 7.25. The second-order valence-electron chi connectivity index (χ2n) is 11.3. The summed E-state index contributed by atoms with van der Waals surface area (Å²) >= 11 is 0. The molecule has 162 valence electrons. The van der Waals surface area contributed by atoms with Crippen LogP contribution in [0.15, 0.2) is 10.1 Å². The van der Waals surface area contributed by atoms with Gasteiger partial charge in [-0.25, -0.2) is 10.4 Å². The summed E-state index contributed by atoms with van der Waals surface area (Å²) in [4.78, 5) is 4.41. The van der Waals surface area contributed by atoms with Crippen LogP contribution in [-0.4, -0.2) is 36.0 Å². The van der Waals surface area contributed by atoms with Crippen LogP contribution >= 0.6 is 0 Å². The molecule has 5 heteroatoms. The number of rotatable bonds is 2. The summed E-state index contributed by atoms with van der Waals surface area (Å²) in [7, 11) is 0. The SMILES string of the molecule is C/C(=N\NC1=NCCN1)[C@H]1CC[C@H]2[C@@H]3CCC4C[C@@H](O)CC[C@]4(C)[C@H]3CC[C@]12C. The lowest BCUT2D eigenvalue weighted by atomic mass is 9.44. The zero-order chi connectivity index (χ0) is 20.2. The number of fused-ring (bicyclic) bond motifs is 5. The minimum absolute atomic E-state index is 0.0420. The van der Waals surface area contributed by atoms with E-state index in [-0.39, 0.29) is 6.10 Å². The van der Waals surface area contributed by atoms with E-state index in [1.54, 1.807) is 0 Å². The van der Waals surface area contributed by atoms with Crippen molar-refractivity contribution in [2.75, 3.05) is 13.1 Å². The highest BCUT2D eigenvalue weighted by Crippen LogP contribution is 2.67. The molecule has 0 aromatic heterocycles. The van der Waals surface area contributed by atoms with Crippen molar-refractivity contribution in [3.63, 3.8) is 0 Å². The molecule has 8 atom stereocenters. The molecule has 4 fully saturated rings. The first-order valence-corrected chi connectivity index (χ1v) is 12.2. The van der Waals surface area contributed by atoms with E-state index >= 15 is 0 Å². The molecule has 1 unspecified atom stereocenters. The van der Waals surface area contributed by atoms with Gasteiger partial charge in [0.25, 0.3) is 0 Å². The van der Waals surface area contributed by atoms with Crippen LogP contribution < -0.4 is 10.7 Å². The minimum Gasteiger partial charge on any atom is -0.393 e. The molecule has 1 aliphatic heterocycles. The van der Waals surface area contributed by atoms with Crippen molar-refractivity contribution in [1.29, 1.82) is 0 Å². The predicted molar refractivity (Wildman–Crippen MR) is 118 cm³/mol. The molecule has 0 spiro atoms. The second-order valence-corrected chi connectivity index (χ2v) is 11.3. The Morgan fingerprint density at radius 1 is 1.07 bits per heavy atom. The zero-order valence-electron chi connectivity index (χ0n) is 18.6. The normalized spacial score (nSPS) is 49.5. The maximum Gasteiger partial charge on any atom is 0.212 e. The Hall–Kier alpha value is -1.10. The van der Waals surface area contributed by atoms with Crippen LogP contribution in [0.25, 0.3) is 0 Å². The standard InChI is InChI=1S/C24H40N4O/c1-15(27-28-22-25-12-13-26-22)19-6-7-20-18-5-4-16-14-17(29)8-10-23(16,2)21(18)9-11-24(19,20)3/h16-21,29H,4-14H2,1-3H3,(H2,25,26,28)/b27-15+/t16?,17-,18-,19+,20-,21-,23-,24+/m0/s1. The molecule has 0 aromatic carbocycles. The van der Waals surface area contributed by atoms with Crippen molar-refractivity contribution in [1.82, 2.24) is 10.7 Å². The number of aliphatic hydroxyl groups excluding tert-OH is 1. The third-order valence-electron chi connectivity index (χ3n) is 10.2. The average Bonchev–Trinajstić information content (AvgIpc) is 3.34. The quantitative estimate of drug-likeness (QED) is 0.486. The summed E-state index contributed by atoms with van der Waals surface area (Å²) in [5, 5.41) is 18.3. The Balaban J connectivity index is 1.33. The fourth-order valence-electron chi connectivity index (χ4n) is 8.61. The van der Waals surface area contributed by atoms with E-state index in [0.717, 1.165) is 55.6 Å². The van der Waals surface area contributed by atoms with Crippen LogP contribution in [0.4, 0.5) is 0 Å². The van der Waals surface area contributed by atoms with Crippen LogP contribution in [0, 0.1) is 40.4 Å².